The lowest BCUT2D eigenvalue weighted by Crippen LogP contribution is -2.11. The molecule has 0 saturated carbocycles. The Hall–Kier alpha value is -1.34. The number of nitrogens with zero attached hydrogens (tertiary/aromatic N) is 3. The normalized spacial score (nSPS) is 11.0. The Kier molecular flexibility index (Phi) is 4.26. The van der Waals surface area contributed by atoms with Crippen molar-refractivity contribution in [3.05, 3.63) is 20.6 Å². The van der Waals surface area contributed by atoms with Gasteiger partial charge in [-0.1, -0.05) is 32.1 Å². The van der Waals surface area contributed by atoms with Gasteiger partial charge in [-0.05, 0) is 13.3 Å². The van der Waals surface area contributed by atoms with Crippen molar-refractivity contribution in [2.24, 2.45) is 0 Å². The van der Waals surface area contributed by atoms with Crippen molar-refractivity contribution in [3.8, 4) is 0 Å². The quantitative estimate of drug-likeness (QED) is 0.940. The number of aromatic nitrogens is 3. The van der Waals surface area contributed by atoms with Crippen LogP contribution in [0.25, 0.3) is 0 Å². The topological polar surface area (TPSA) is 67.8 Å². The number of carbonyl (C=O) groups is 1. The molecule has 7 heteroatoms. The van der Waals surface area contributed by atoms with Crippen molar-refractivity contribution in [2.75, 3.05) is 5.32 Å². The zero-order chi connectivity index (χ0) is 14.0. The molecule has 1 N–H and O–H groups in total. The molecule has 0 aliphatic carbocycles. The van der Waals surface area contributed by atoms with Crippen LogP contribution < -0.4 is 5.32 Å². The number of amides is 1. The highest BCUT2D eigenvalue weighted by Crippen LogP contribution is 2.25. The van der Waals surface area contributed by atoms with Crippen LogP contribution in [0.2, 0.25) is 0 Å². The molecule has 2 rings (SSSR count). The second kappa shape index (κ2) is 5.75. The maximum atomic E-state index is 12.2. The molecule has 0 aliphatic heterocycles. The third-order valence-corrected chi connectivity index (χ3v) is 4.94. The fourth-order valence-corrected chi connectivity index (χ4v) is 3.11. The number of aryl methyl sites for hydroxylation is 2. The average Bonchev–Trinajstić information content (AvgIpc) is 2.95. The van der Waals surface area contributed by atoms with Crippen LogP contribution in [0.3, 0.4) is 0 Å². The molecule has 2 aromatic heterocycles. The van der Waals surface area contributed by atoms with Gasteiger partial charge in [-0.2, -0.15) is 0 Å². The zero-order valence-corrected chi connectivity index (χ0v) is 13.0. The van der Waals surface area contributed by atoms with Crippen LogP contribution in [0.1, 0.15) is 52.1 Å². The Morgan fingerprint density at radius 2 is 2.05 bits per heavy atom. The predicted molar refractivity (Wildman–Crippen MR) is 78.2 cm³/mol. The Balaban J connectivity index is 2.15. The fraction of sp³-hybridized carbons (Fsp3) is 0.500. The summed E-state index contributed by atoms with van der Waals surface area (Å²) >= 11 is 2.85. The van der Waals surface area contributed by atoms with Crippen LogP contribution in [0.5, 0.6) is 0 Å². The third-order valence-electron chi connectivity index (χ3n) is 2.50. The largest absolute Gasteiger partial charge is 0.296 e. The molecule has 1 amide bonds. The van der Waals surface area contributed by atoms with Gasteiger partial charge in [-0.3, -0.25) is 10.1 Å². The summed E-state index contributed by atoms with van der Waals surface area (Å²) in [5, 5.41) is 13.1. The molecule has 0 radical (unpaired) electrons. The lowest BCUT2D eigenvalue weighted by atomic mass is 10.2. The number of nitrogens with one attached hydrogen (secondary N) is 1. The van der Waals surface area contributed by atoms with Crippen molar-refractivity contribution in [3.63, 3.8) is 0 Å². The molecule has 0 fully saturated rings. The van der Waals surface area contributed by atoms with Gasteiger partial charge in [-0.25, -0.2) is 4.98 Å². The van der Waals surface area contributed by atoms with Crippen LogP contribution in [0, 0.1) is 6.92 Å². The molecule has 19 heavy (non-hydrogen) atoms. The lowest BCUT2D eigenvalue weighted by molar-refractivity contribution is 0.102. The van der Waals surface area contributed by atoms with Crippen molar-refractivity contribution in [1.82, 2.24) is 15.2 Å². The lowest BCUT2D eigenvalue weighted by Gasteiger charge is -1.98. The van der Waals surface area contributed by atoms with E-state index >= 15 is 0 Å². The van der Waals surface area contributed by atoms with E-state index in [4.69, 9.17) is 0 Å². The molecule has 0 aliphatic rings. The molecule has 102 valence electrons. The molecule has 0 saturated heterocycles. The summed E-state index contributed by atoms with van der Waals surface area (Å²) in [6, 6.07) is 0. The van der Waals surface area contributed by atoms with Gasteiger partial charge in [-0.15, -0.1) is 21.5 Å². The number of hydrogen-bond donors (Lipinski definition) is 1. The SMILES string of the molecule is CCc1nnc(NC(=O)c2sc(C(C)C)nc2C)s1. The van der Waals surface area contributed by atoms with Gasteiger partial charge in [0.15, 0.2) is 0 Å². The molecule has 0 atom stereocenters. The average molecular weight is 296 g/mol. The fourth-order valence-electron chi connectivity index (χ4n) is 1.48. The van der Waals surface area contributed by atoms with E-state index in [0.29, 0.717) is 15.9 Å². The van der Waals surface area contributed by atoms with Crippen LogP contribution >= 0.6 is 22.7 Å². The highest BCUT2D eigenvalue weighted by molar-refractivity contribution is 7.16. The number of hydrogen-bond acceptors (Lipinski definition) is 6. The van der Waals surface area contributed by atoms with E-state index in [9.17, 15) is 4.79 Å². The van der Waals surface area contributed by atoms with E-state index in [1.165, 1.54) is 22.7 Å². The molecular weight excluding hydrogens is 280 g/mol. The van der Waals surface area contributed by atoms with E-state index in [0.717, 1.165) is 22.1 Å². The number of thiazole rings is 1. The van der Waals surface area contributed by atoms with Crippen molar-refractivity contribution in [2.45, 2.75) is 40.0 Å². The summed E-state index contributed by atoms with van der Waals surface area (Å²) in [5.41, 5.74) is 0.770. The first kappa shape index (κ1) is 14.1. The minimum atomic E-state index is -0.152. The van der Waals surface area contributed by atoms with E-state index in [1.807, 2.05) is 13.8 Å². The van der Waals surface area contributed by atoms with Crippen LogP contribution in [0.15, 0.2) is 0 Å². The molecule has 0 aromatic carbocycles. The summed E-state index contributed by atoms with van der Waals surface area (Å²) in [6.07, 6.45) is 0.824. The molecular formula is C12H16N4OS2. The van der Waals surface area contributed by atoms with E-state index in [2.05, 4.69) is 34.3 Å². The maximum absolute atomic E-state index is 12.2. The summed E-state index contributed by atoms with van der Waals surface area (Å²) < 4.78 is 0. The zero-order valence-electron chi connectivity index (χ0n) is 11.4. The van der Waals surface area contributed by atoms with Gasteiger partial charge >= 0.3 is 0 Å². The summed E-state index contributed by atoms with van der Waals surface area (Å²) in [6.45, 7) is 8.00. The van der Waals surface area contributed by atoms with Gasteiger partial charge in [0.2, 0.25) is 5.13 Å². The molecule has 0 unspecified atom stereocenters. The molecule has 0 bridgehead atoms. The van der Waals surface area contributed by atoms with Gasteiger partial charge in [0.05, 0.1) is 10.7 Å². The number of carbonyl (C=O) groups excluding carboxylic acids is 1. The second-order valence-electron chi connectivity index (χ2n) is 4.43. The van der Waals surface area contributed by atoms with Crippen LogP contribution in [-0.2, 0) is 6.42 Å². The van der Waals surface area contributed by atoms with Crippen LogP contribution in [-0.4, -0.2) is 21.1 Å². The summed E-state index contributed by atoms with van der Waals surface area (Å²) in [4.78, 5) is 17.2. The monoisotopic (exact) mass is 296 g/mol. The Labute approximate surface area is 120 Å². The smallest absolute Gasteiger partial charge is 0.269 e. The summed E-state index contributed by atoms with van der Waals surface area (Å²) in [7, 11) is 0. The van der Waals surface area contributed by atoms with Gasteiger partial charge < -0.3 is 0 Å². The van der Waals surface area contributed by atoms with E-state index in [-0.39, 0.29) is 5.91 Å². The van der Waals surface area contributed by atoms with Gasteiger partial charge in [0.1, 0.15) is 9.88 Å². The van der Waals surface area contributed by atoms with Gasteiger partial charge in [0, 0.05) is 5.92 Å². The first-order valence-corrected chi connectivity index (χ1v) is 7.75. The highest BCUT2D eigenvalue weighted by Gasteiger charge is 2.18. The second-order valence-corrected chi connectivity index (χ2v) is 6.52. The minimum absolute atomic E-state index is 0.152. The minimum Gasteiger partial charge on any atom is -0.296 e. The Morgan fingerprint density at radius 1 is 1.32 bits per heavy atom. The van der Waals surface area contributed by atoms with Gasteiger partial charge in [0.25, 0.3) is 5.91 Å². The highest BCUT2D eigenvalue weighted by atomic mass is 32.1. The van der Waals surface area contributed by atoms with E-state index < -0.39 is 0 Å². The molecule has 5 nitrogen and oxygen atoms in total. The Bertz CT molecular complexity index is 588. The number of rotatable bonds is 4. The van der Waals surface area contributed by atoms with Crippen LogP contribution in [0.4, 0.5) is 5.13 Å². The Morgan fingerprint density at radius 3 is 2.58 bits per heavy atom. The molecule has 0 spiro atoms. The number of anilines is 1. The maximum Gasteiger partial charge on any atom is 0.269 e. The van der Waals surface area contributed by atoms with Crippen molar-refractivity contribution in [1.29, 1.82) is 0 Å². The first-order valence-electron chi connectivity index (χ1n) is 6.12. The van der Waals surface area contributed by atoms with E-state index in [1.54, 1.807) is 0 Å². The summed E-state index contributed by atoms with van der Waals surface area (Å²) in [5.74, 6) is 0.180. The predicted octanol–water partition coefficient (Wildman–Crippen LogP) is 3.24. The molecule has 2 heterocycles. The van der Waals surface area contributed by atoms with Crippen molar-refractivity contribution >= 4 is 33.7 Å². The first-order chi connectivity index (χ1) is 9.01. The molecule has 2 aromatic rings. The standard InChI is InChI=1S/C12H16N4OS2/c1-5-8-15-16-12(18-8)14-10(17)9-7(4)13-11(19-9)6(2)3/h6H,5H2,1-4H3,(H,14,16,17). The third kappa shape index (κ3) is 3.16. The van der Waals surface area contributed by atoms with Crippen molar-refractivity contribution < 1.29 is 4.79 Å².